The van der Waals surface area contributed by atoms with Crippen LogP contribution < -0.4 is 0 Å². The van der Waals surface area contributed by atoms with Crippen LogP contribution in [0.2, 0.25) is 0 Å². The minimum Gasteiger partial charge on any atom is -0.159 e. The van der Waals surface area contributed by atoms with Gasteiger partial charge in [0, 0.05) is 11.8 Å². The summed E-state index contributed by atoms with van der Waals surface area (Å²) in [5.74, 6) is 5.30. The molecule has 0 aromatic heterocycles. The minimum atomic E-state index is -4.39. The van der Waals surface area contributed by atoms with Crippen molar-refractivity contribution in [3.63, 3.8) is 0 Å². The van der Waals surface area contributed by atoms with E-state index in [0.717, 1.165) is 12.8 Å². The maximum absolute atomic E-state index is 12.7. The van der Waals surface area contributed by atoms with Crippen molar-refractivity contribution in [1.82, 2.24) is 0 Å². The van der Waals surface area contributed by atoms with Gasteiger partial charge >= 0.3 is 6.18 Å². The van der Waals surface area contributed by atoms with Crippen LogP contribution in [0.3, 0.4) is 0 Å². The Balaban J connectivity index is 1.77. The van der Waals surface area contributed by atoms with Crippen molar-refractivity contribution in [3.05, 3.63) is 35.4 Å². The predicted octanol–water partition coefficient (Wildman–Crippen LogP) is 5.72. The molecule has 0 amide bonds. The lowest BCUT2D eigenvalue weighted by atomic mass is 9.53. The van der Waals surface area contributed by atoms with Gasteiger partial charge in [-0.15, -0.1) is 0 Å². The van der Waals surface area contributed by atoms with Gasteiger partial charge in [-0.1, -0.05) is 43.5 Å². The van der Waals surface area contributed by atoms with E-state index in [9.17, 15) is 13.2 Å². The molecule has 0 aliphatic heterocycles. The van der Waals surface area contributed by atoms with Crippen molar-refractivity contribution in [2.45, 2.75) is 57.5 Å². The molecule has 4 rings (SSSR count). The Morgan fingerprint density at radius 2 is 1.92 bits per heavy atom. The van der Waals surface area contributed by atoms with Crippen molar-refractivity contribution in [1.29, 1.82) is 0 Å². The summed E-state index contributed by atoms with van der Waals surface area (Å²) in [5.41, 5.74) is 2.90. The Labute approximate surface area is 141 Å². The first-order valence-electron chi connectivity index (χ1n) is 9.05. The quantitative estimate of drug-likeness (QED) is 0.533. The third-order valence-electron chi connectivity index (χ3n) is 6.87. The van der Waals surface area contributed by atoms with E-state index in [1.54, 1.807) is 5.92 Å². The van der Waals surface area contributed by atoms with Gasteiger partial charge in [0.1, 0.15) is 0 Å². The Morgan fingerprint density at radius 3 is 2.71 bits per heavy atom. The van der Waals surface area contributed by atoms with Crippen LogP contribution in [0.4, 0.5) is 13.2 Å². The number of hydrogen-bond donors (Lipinski definition) is 0. The zero-order valence-electron chi connectivity index (χ0n) is 14.0. The summed E-state index contributed by atoms with van der Waals surface area (Å²) < 4.78 is 38.1. The highest BCUT2D eigenvalue weighted by Crippen LogP contribution is 2.61. The molecule has 0 N–H and O–H groups in total. The molecule has 2 fully saturated rings. The van der Waals surface area contributed by atoms with E-state index < -0.39 is 6.18 Å². The van der Waals surface area contributed by atoms with Gasteiger partial charge in [-0.05, 0) is 66.4 Å². The molecule has 1 aromatic carbocycles. The Bertz CT molecular complexity index is 693. The molecule has 2 saturated carbocycles. The second-order valence-electron chi connectivity index (χ2n) is 8.15. The van der Waals surface area contributed by atoms with E-state index in [4.69, 9.17) is 0 Å². The number of halogens is 3. The summed E-state index contributed by atoms with van der Waals surface area (Å²) in [6.07, 6.45) is 2.18. The van der Waals surface area contributed by atoms with Crippen LogP contribution in [0.5, 0.6) is 0 Å². The lowest BCUT2D eigenvalue weighted by Crippen LogP contribution is -2.43. The molecule has 0 saturated heterocycles. The predicted molar refractivity (Wildman–Crippen MR) is 88.4 cm³/mol. The average molecular weight is 332 g/mol. The molecule has 0 radical (unpaired) electrons. The molecule has 24 heavy (non-hydrogen) atoms. The molecule has 3 aliphatic rings. The monoisotopic (exact) mass is 332 g/mol. The Kier molecular flexibility index (Phi) is 3.71. The topological polar surface area (TPSA) is 0 Å². The van der Waals surface area contributed by atoms with Gasteiger partial charge in [0.25, 0.3) is 0 Å². The molecule has 3 aliphatic carbocycles. The molecule has 128 valence electrons. The van der Waals surface area contributed by atoms with Crippen molar-refractivity contribution in [2.24, 2.45) is 23.2 Å². The first kappa shape index (κ1) is 16.1. The summed E-state index contributed by atoms with van der Waals surface area (Å²) in [7, 11) is 0. The third kappa shape index (κ3) is 2.65. The third-order valence-corrected chi connectivity index (χ3v) is 6.87. The van der Waals surface area contributed by atoms with Crippen LogP contribution in [-0.2, 0) is 6.42 Å². The van der Waals surface area contributed by atoms with Gasteiger partial charge in [-0.3, -0.25) is 0 Å². The molecule has 0 bridgehead atoms. The minimum absolute atomic E-state index is 0.158. The number of rotatable bonds is 0. The summed E-state index contributed by atoms with van der Waals surface area (Å²) >= 11 is 0. The van der Waals surface area contributed by atoms with E-state index in [0.29, 0.717) is 23.7 Å². The summed E-state index contributed by atoms with van der Waals surface area (Å²) in [4.78, 5) is 0. The highest BCUT2D eigenvalue weighted by atomic mass is 19.4. The summed E-state index contributed by atoms with van der Waals surface area (Å²) in [6, 6.07) is 8.34. The average Bonchev–Trinajstić information content (AvgIpc) is 2.93. The van der Waals surface area contributed by atoms with Crippen LogP contribution in [-0.4, -0.2) is 6.18 Å². The number of benzene rings is 1. The van der Waals surface area contributed by atoms with E-state index in [1.807, 2.05) is 6.07 Å². The van der Waals surface area contributed by atoms with Crippen molar-refractivity contribution in [2.75, 3.05) is 0 Å². The first-order valence-corrected chi connectivity index (χ1v) is 9.05. The molecular formula is C21H23F3. The zero-order chi connectivity index (χ0) is 16.9. The fourth-order valence-electron chi connectivity index (χ4n) is 5.89. The van der Waals surface area contributed by atoms with Crippen molar-refractivity contribution < 1.29 is 13.2 Å². The van der Waals surface area contributed by atoms with E-state index in [2.05, 4.69) is 31.0 Å². The highest BCUT2D eigenvalue weighted by Gasteiger charge is 2.52. The van der Waals surface area contributed by atoms with E-state index >= 15 is 0 Å². The fraction of sp³-hybridized carbons (Fsp3) is 0.619. The maximum atomic E-state index is 12.7. The Morgan fingerprint density at radius 1 is 1.12 bits per heavy atom. The van der Waals surface area contributed by atoms with E-state index in [-0.39, 0.29) is 11.8 Å². The second kappa shape index (κ2) is 5.55. The van der Waals surface area contributed by atoms with Gasteiger partial charge in [-0.2, -0.15) is 13.2 Å². The normalized spacial score (nSPS) is 37.7. The number of hydrogen-bond acceptors (Lipinski definition) is 0. The lowest BCUT2D eigenvalue weighted by molar-refractivity contribution is -0.0700. The largest absolute Gasteiger partial charge is 0.457 e. The fourth-order valence-corrected chi connectivity index (χ4v) is 5.89. The van der Waals surface area contributed by atoms with Gasteiger partial charge in [0.05, 0.1) is 0 Å². The molecule has 0 unspecified atom stereocenters. The zero-order valence-corrected chi connectivity index (χ0v) is 14.0. The first-order chi connectivity index (χ1) is 11.4. The molecule has 0 heterocycles. The second-order valence-corrected chi connectivity index (χ2v) is 8.15. The molecule has 5 atom stereocenters. The van der Waals surface area contributed by atoms with Gasteiger partial charge in [0.2, 0.25) is 0 Å². The number of fused-ring (bicyclic) bond motifs is 5. The van der Waals surface area contributed by atoms with E-state index in [1.165, 1.54) is 30.4 Å². The molecule has 0 nitrogen and oxygen atoms in total. The summed E-state index contributed by atoms with van der Waals surface area (Å²) in [6.45, 7) is 2.36. The van der Waals surface area contributed by atoms with Gasteiger partial charge in [-0.25, -0.2) is 0 Å². The van der Waals surface area contributed by atoms with Gasteiger partial charge in [0.15, 0.2) is 0 Å². The van der Waals surface area contributed by atoms with Crippen LogP contribution in [0, 0.1) is 35.0 Å². The SMILES string of the molecule is C[C@@]12CCC[C@H]1[C@@H]1[C@H](C#CC(F)(F)F)Cc3ccccc3[C@H]1CC2. The van der Waals surface area contributed by atoms with Gasteiger partial charge < -0.3 is 0 Å². The van der Waals surface area contributed by atoms with Crippen molar-refractivity contribution >= 4 is 0 Å². The maximum Gasteiger partial charge on any atom is 0.457 e. The van der Waals surface area contributed by atoms with Crippen molar-refractivity contribution in [3.8, 4) is 11.8 Å². The molecular weight excluding hydrogens is 309 g/mol. The van der Waals surface area contributed by atoms with Crippen LogP contribution >= 0.6 is 0 Å². The lowest BCUT2D eigenvalue weighted by Gasteiger charge is -2.51. The van der Waals surface area contributed by atoms with Crippen LogP contribution in [0.15, 0.2) is 24.3 Å². The Hall–Kier alpha value is -1.43. The smallest absolute Gasteiger partial charge is 0.159 e. The highest BCUT2D eigenvalue weighted by molar-refractivity contribution is 5.37. The molecule has 3 heteroatoms. The molecule has 0 spiro atoms. The number of alkyl halides is 3. The standard InChI is InChI=1S/C21H23F3/c1-20-10-4-7-18(20)19-15(8-12-21(22,23)24)13-14-5-2-3-6-16(14)17(19)9-11-20/h2-3,5-6,15,17-19H,4,7,9-11,13H2,1H3/t15-,17-,18+,19-,20+/m1/s1. The summed E-state index contributed by atoms with van der Waals surface area (Å²) in [5, 5.41) is 0. The van der Waals surface area contributed by atoms with Crippen LogP contribution in [0.1, 0.15) is 56.1 Å². The molecule has 1 aromatic rings. The van der Waals surface area contributed by atoms with Crippen LogP contribution in [0.25, 0.3) is 0 Å².